The number of halogens is 2. The van der Waals surface area contributed by atoms with Gasteiger partial charge in [0, 0.05) is 20.8 Å². The normalized spacial score (nSPS) is 13.5. The highest BCUT2D eigenvalue weighted by molar-refractivity contribution is 7.09. The molecule has 0 amide bonds. The van der Waals surface area contributed by atoms with Crippen molar-refractivity contribution in [2.24, 2.45) is 0 Å². The van der Waals surface area contributed by atoms with Crippen LogP contribution >= 0.6 is 34.5 Å². The minimum absolute atomic E-state index is 0.00676. The number of hydrogen-bond donors (Lipinski definition) is 1. The molecule has 0 fully saturated rings. The smallest absolute Gasteiger partial charge is 0.114 e. The fourth-order valence-electron chi connectivity index (χ4n) is 1.94. The molecular weight excluding hydrogens is 311 g/mol. The van der Waals surface area contributed by atoms with Crippen LogP contribution in [-0.4, -0.2) is 12.0 Å². The fraction of sp³-hybridized carbons (Fsp3) is 0.400. The second kappa shape index (κ2) is 6.02. The van der Waals surface area contributed by atoms with Crippen molar-refractivity contribution in [3.63, 3.8) is 0 Å². The maximum absolute atomic E-state index is 6.09. The number of hydrogen-bond acceptors (Lipinski definition) is 3. The number of thiazole rings is 1. The van der Waals surface area contributed by atoms with E-state index in [1.165, 1.54) is 0 Å². The van der Waals surface area contributed by atoms with Crippen molar-refractivity contribution in [2.45, 2.75) is 32.2 Å². The van der Waals surface area contributed by atoms with Crippen LogP contribution in [0.25, 0.3) is 0 Å². The van der Waals surface area contributed by atoms with Crippen molar-refractivity contribution in [3.05, 3.63) is 49.9 Å². The molecule has 0 saturated heterocycles. The molecule has 0 spiro atoms. The molecule has 1 unspecified atom stereocenters. The van der Waals surface area contributed by atoms with Gasteiger partial charge in [0.2, 0.25) is 0 Å². The highest BCUT2D eigenvalue weighted by atomic mass is 35.5. The molecule has 2 rings (SSSR count). The summed E-state index contributed by atoms with van der Waals surface area (Å²) in [6.07, 6.45) is 0. The van der Waals surface area contributed by atoms with Gasteiger partial charge in [-0.05, 0) is 30.8 Å². The first kappa shape index (κ1) is 15.8. The summed E-state index contributed by atoms with van der Waals surface area (Å²) in [5.74, 6) is 0. The van der Waals surface area contributed by atoms with E-state index >= 15 is 0 Å². The van der Waals surface area contributed by atoms with Gasteiger partial charge in [-0.25, -0.2) is 4.98 Å². The van der Waals surface area contributed by atoms with Crippen molar-refractivity contribution in [2.75, 3.05) is 7.05 Å². The fourth-order valence-corrected chi connectivity index (χ4v) is 3.66. The molecule has 1 atom stereocenters. The van der Waals surface area contributed by atoms with E-state index in [1.807, 2.05) is 19.2 Å². The van der Waals surface area contributed by atoms with E-state index in [9.17, 15) is 0 Å². The van der Waals surface area contributed by atoms with E-state index in [0.717, 1.165) is 16.3 Å². The molecule has 20 heavy (non-hydrogen) atoms. The summed E-state index contributed by atoms with van der Waals surface area (Å²) < 4.78 is 0. The van der Waals surface area contributed by atoms with Crippen molar-refractivity contribution in [1.82, 2.24) is 10.3 Å². The molecule has 1 aromatic carbocycles. The van der Waals surface area contributed by atoms with Gasteiger partial charge in [-0.15, -0.1) is 11.3 Å². The number of benzene rings is 1. The molecule has 0 saturated carbocycles. The SMILES string of the molecule is CNC(c1cc(Cl)cc(Cl)c1)c1nc(C(C)(C)C)cs1. The summed E-state index contributed by atoms with van der Waals surface area (Å²) in [4.78, 5) is 4.76. The van der Waals surface area contributed by atoms with Crippen molar-refractivity contribution < 1.29 is 0 Å². The van der Waals surface area contributed by atoms with Crippen LogP contribution in [0.2, 0.25) is 10.0 Å². The first-order valence-electron chi connectivity index (χ1n) is 6.40. The van der Waals surface area contributed by atoms with Gasteiger partial charge in [-0.2, -0.15) is 0 Å². The van der Waals surface area contributed by atoms with Gasteiger partial charge in [0.15, 0.2) is 0 Å². The predicted molar refractivity (Wildman–Crippen MR) is 88.2 cm³/mol. The molecule has 1 heterocycles. The largest absolute Gasteiger partial charge is 0.307 e. The zero-order chi connectivity index (χ0) is 14.9. The van der Waals surface area contributed by atoms with E-state index in [-0.39, 0.29) is 11.5 Å². The Morgan fingerprint density at radius 1 is 1.15 bits per heavy atom. The van der Waals surface area contributed by atoms with E-state index < -0.39 is 0 Å². The first-order chi connectivity index (χ1) is 9.31. The molecule has 0 bridgehead atoms. The molecule has 0 aliphatic heterocycles. The highest BCUT2D eigenvalue weighted by Gasteiger charge is 2.22. The van der Waals surface area contributed by atoms with Crippen LogP contribution in [0.1, 0.15) is 43.1 Å². The molecule has 0 aliphatic carbocycles. The maximum Gasteiger partial charge on any atom is 0.114 e. The first-order valence-corrected chi connectivity index (χ1v) is 8.04. The van der Waals surface area contributed by atoms with Crippen LogP contribution in [0.3, 0.4) is 0 Å². The molecule has 1 aromatic heterocycles. The van der Waals surface area contributed by atoms with Crippen LogP contribution in [-0.2, 0) is 5.41 Å². The Hall–Kier alpha value is -0.610. The second-order valence-corrected chi connectivity index (χ2v) is 7.51. The third kappa shape index (κ3) is 3.53. The third-order valence-electron chi connectivity index (χ3n) is 3.04. The summed E-state index contributed by atoms with van der Waals surface area (Å²) >= 11 is 13.8. The van der Waals surface area contributed by atoms with Crippen molar-refractivity contribution in [1.29, 1.82) is 0 Å². The van der Waals surface area contributed by atoms with Gasteiger partial charge >= 0.3 is 0 Å². The quantitative estimate of drug-likeness (QED) is 0.852. The Labute approximate surface area is 134 Å². The minimum Gasteiger partial charge on any atom is -0.307 e. The average molecular weight is 329 g/mol. The van der Waals surface area contributed by atoms with E-state index in [4.69, 9.17) is 28.2 Å². The number of rotatable bonds is 3. The monoisotopic (exact) mass is 328 g/mol. The van der Waals surface area contributed by atoms with Gasteiger partial charge in [0.25, 0.3) is 0 Å². The molecule has 108 valence electrons. The molecule has 2 nitrogen and oxygen atoms in total. The Morgan fingerprint density at radius 2 is 1.75 bits per heavy atom. The molecule has 2 aromatic rings. The van der Waals surface area contributed by atoms with Crippen LogP contribution in [0, 0.1) is 0 Å². The standard InChI is InChI=1S/C15H18Cl2N2S/c1-15(2,3)12-8-20-14(19-12)13(18-4)9-5-10(16)7-11(17)6-9/h5-8,13,18H,1-4H3. The lowest BCUT2D eigenvalue weighted by Gasteiger charge is -2.17. The van der Waals surface area contributed by atoms with Crippen molar-refractivity contribution >= 4 is 34.5 Å². The number of nitrogens with zero attached hydrogens (tertiary/aromatic N) is 1. The topological polar surface area (TPSA) is 24.9 Å². The number of aromatic nitrogens is 1. The van der Waals surface area contributed by atoms with E-state index in [2.05, 4.69) is 31.5 Å². The Bertz CT molecular complexity index is 582. The molecule has 0 aliphatic rings. The number of nitrogens with one attached hydrogen (secondary N) is 1. The molecular formula is C15H18Cl2N2S. The summed E-state index contributed by atoms with van der Waals surface area (Å²) in [5.41, 5.74) is 2.18. The van der Waals surface area contributed by atoms with Gasteiger partial charge < -0.3 is 5.32 Å². The van der Waals surface area contributed by atoms with Gasteiger partial charge in [-0.1, -0.05) is 44.0 Å². The van der Waals surface area contributed by atoms with Crippen LogP contribution in [0.5, 0.6) is 0 Å². The lowest BCUT2D eigenvalue weighted by atomic mass is 9.93. The van der Waals surface area contributed by atoms with E-state index in [1.54, 1.807) is 17.4 Å². The van der Waals surface area contributed by atoms with E-state index in [0.29, 0.717) is 10.0 Å². The van der Waals surface area contributed by atoms with Crippen molar-refractivity contribution in [3.8, 4) is 0 Å². The molecule has 1 N–H and O–H groups in total. The van der Waals surface area contributed by atoms with Gasteiger partial charge in [0.05, 0.1) is 11.7 Å². The van der Waals surface area contributed by atoms with Crippen LogP contribution in [0.4, 0.5) is 0 Å². The summed E-state index contributed by atoms with van der Waals surface area (Å²) in [5, 5.41) is 7.70. The summed E-state index contributed by atoms with van der Waals surface area (Å²) in [6, 6.07) is 5.59. The maximum atomic E-state index is 6.09. The Balaban J connectivity index is 2.39. The average Bonchev–Trinajstić information content (AvgIpc) is 2.77. The predicted octanol–water partition coefficient (Wildman–Crippen LogP) is 5.06. The lowest BCUT2D eigenvalue weighted by Crippen LogP contribution is -2.18. The zero-order valence-electron chi connectivity index (χ0n) is 12.0. The van der Waals surface area contributed by atoms with Gasteiger partial charge in [-0.3, -0.25) is 0 Å². The Morgan fingerprint density at radius 3 is 2.20 bits per heavy atom. The third-order valence-corrected chi connectivity index (χ3v) is 4.39. The summed E-state index contributed by atoms with van der Waals surface area (Å²) in [6.45, 7) is 6.49. The van der Waals surface area contributed by atoms with Crippen LogP contribution in [0.15, 0.2) is 23.6 Å². The second-order valence-electron chi connectivity index (χ2n) is 5.75. The van der Waals surface area contributed by atoms with Gasteiger partial charge in [0.1, 0.15) is 5.01 Å². The highest BCUT2D eigenvalue weighted by Crippen LogP contribution is 2.32. The molecule has 0 radical (unpaired) electrons. The lowest BCUT2D eigenvalue weighted by molar-refractivity contribution is 0.566. The Kier molecular flexibility index (Phi) is 4.75. The minimum atomic E-state index is 0.00676. The summed E-state index contributed by atoms with van der Waals surface area (Å²) in [7, 11) is 1.91. The van der Waals surface area contributed by atoms with Crippen LogP contribution < -0.4 is 5.32 Å². The molecule has 5 heteroatoms. The zero-order valence-corrected chi connectivity index (χ0v) is 14.3.